The molecule has 2 amide bonds. The van der Waals surface area contributed by atoms with Crippen LogP contribution < -0.4 is 9.62 Å². The van der Waals surface area contributed by atoms with Gasteiger partial charge in [0.2, 0.25) is 21.8 Å². The average Bonchev–Trinajstić information content (AvgIpc) is 2.80. The van der Waals surface area contributed by atoms with Gasteiger partial charge >= 0.3 is 0 Å². The average molecular weight is 522 g/mol. The lowest BCUT2D eigenvalue weighted by molar-refractivity contribution is -0.140. The first-order valence-corrected chi connectivity index (χ1v) is 14.1. The number of halogens is 1. The molecule has 0 heterocycles. The number of carbonyl (C=O) groups excluding carboxylic acids is 2. The maximum absolute atomic E-state index is 13.2. The molecule has 7 nitrogen and oxygen atoms in total. The molecule has 0 spiro atoms. The quantitative estimate of drug-likeness (QED) is 0.429. The van der Waals surface area contributed by atoms with Crippen LogP contribution in [0.3, 0.4) is 0 Å². The molecule has 2 rings (SSSR count). The molecule has 2 aromatic carbocycles. The van der Waals surface area contributed by atoms with Crippen molar-refractivity contribution in [2.75, 3.05) is 30.2 Å². The lowest BCUT2D eigenvalue weighted by Gasteiger charge is -2.29. The van der Waals surface area contributed by atoms with Crippen LogP contribution in [0.1, 0.15) is 39.2 Å². The van der Waals surface area contributed by atoms with Crippen LogP contribution in [0.25, 0.3) is 0 Å². The van der Waals surface area contributed by atoms with Gasteiger partial charge in [-0.05, 0) is 49.4 Å². The van der Waals surface area contributed by atoms with E-state index >= 15 is 0 Å². The lowest BCUT2D eigenvalue weighted by atomic mass is 10.1. The Kier molecular flexibility index (Phi) is 11.0. The van der Waals surface area contributed by atoms with E-state index in [0.29, 0.717) is 42.6 Å². The second-order valence-electron chi connectivity index (χ2n) is 9.06. The van der Waals surface area contributed by atoms with Gasteiger partial charge in [0, 0.05) is 31.1 Å². The predicted molar refractivity (Wildman–Crippen MR) is 142 cm³/mol. The van der Waals surface area contributed by atoms with Crippen molar-refractivity contribution in [1.29, 1.82) is 0 Å². The monoisotopic (exact) mass is 521 g/mol. The van der Waals surface area contributed by atoms with E-state index < -0.39 is 16.1 Å². The molecule has 35 heavy (non-hydrogen) atoms. The van der Waals surface area contributed by atoms with Gasteiger partial charge in [-0.3, -0.25) is 13.9 Å². The SMILES string of the molecule is CC(C)CNC(=O)[C@@H](C)N(CCc1ccccc1)C(=O)CCCN(c1cccc(Cl)c1)S(C)(=O)=O. The van der Waals surface area contributed by atoms with E-state index in [1.807, 2.05) is 44.2 Å². The van der Waals surface area contributed by atoms with E-state index in [0.717, 1.165) is 11.8 Å². The minimum atomic E-state index is -3.56. The summed E-state index contributed by atoms with van der Waals surface area (Å²) in [5.74, 6) is -0.0856. The van der Waals surface area contributed by atoms with Crippen LogP contribution in [-0.2, 0) is 26.0 Å². The molecule has 0 saturated carbocycles. The molecule has 0 unspecified atom stereocenters. The Balaban J connectivity index is 2.10. The first-order chi connectivity index (χ1) is 16.5. The highest BCUT2D eigenvalue weighted by Crippen LogP contribution is 2.22. The summed E-state index contributed by atoms with van der Waals surface area (Å²) >= 11 is 6.04. The minimum absolute atomic E-state index is 0.114. The van der Waals surface area contributed by atoms with Crippen LogP contribution in [0.15, 0.2) is 54.6 Å². The third kappa shape index (κ3) is 9.53. The van der Waals surface area contributed by atoms with Crippen molar-refractivity contribution in [3.8, 4) is 0 Å². The van der Waals surface area contributed by atoms with Crippen molar-refractivity contribution in [3.63, 3.8) is 0 Å². The maximum Gasteiger partial charge on any atom is 0.242 e. The molecule has 9 heteroatoms. The lowest BCUT2D eigenvalue weighted by Crippen LogP contribution is -2.49. The van der Waals surface area contributed by atoms with Crippen LogP contribution in [0.2, 0.25) is 5.02 Å². The Morgan fingerprint density at radius 2 is 1.69 bits per heavy atom. The summed E-state index contributed by atoms with van der Waals surface area (Å²) in [6.45, 7) is 6.81. The van der Waals surface area contributed by atoms with Gasteiger partial charge in [-0.2, -0.15) is 0 Å². The molecule has 1 N–H and O–H groups in total. The van der Waals surface area contributed by atoms with Crippen molar-refractivity contribution < 1.29 is 18.0 Å². The Hall–Kier alpha value is -2.58. The largest absolute Gasteiger partial charge is 0.354 e. The fourth-order valence-corrected chi connectivity index (χ4v) is 4.80. The normalized spacial score (nSPS) is 12.3. The summed E-state index contributed by atoms with van der Waals surface area (Å²) in [6.07, 6.45) is 2.17. The Morgan fingerprint density at radius 1 is 1.00 bits per heavy atom. The van der Waals surface area contributed by atoms with E-state index in [1.54, 1.807) is 36.1 Å². The summed E-state index contributed by atoms with van der Waals surface area (Å²) in [5.41, 5.74) is 1.53. The van der Waals surface area contributed by atoms with E-state index in [1.165, 1.54) is 4.31 Å². The molecule has 0 saturated heterocycles. The van der Waals surface area contributed by atoms with Gasteiger partial charge < -0.3 is 10.2 Å². The van der Waals surface area contributed by atoms with E-state index in [4.69, 9.17) is 11.6 Å². The molecule has 0 aromatic heterocycles. The number of amides is 2. The van der Waals surface area contributed by atoms with Gasteiger partial charge in [-0.1, -0.05) is 61.8 Å². The van der Waals surface area contributed by atoms with Gasteiger partial charge in [-0.25, -0.2) is 8.42 Å². The zero-order valence-electron chi connectivity index (χ0n) is 20.9. The fourth-order valence-electron chi connectivity index (χ4n) is 3.66. The Morgan fingerprint density at radius 3 is 2.29 bits per heavy atom. The van der Waals surface area contributed by atoms with E-state index in [9.17, 15) is 18.0 Å². The molecule has 0 aliphatic rings. The molecule has 0 aliphatic carbocycles. The second-order valence-corrected chi connectivity index (χ2v) is 11.4. The standard InChI is InChI=1S/C26H36ClN3O4S/c1-20(2)19-28-26(32)21(3)29(17-15-22-10-6-5-7-11-22)25(31)14-9-16-30(35(4,33)34)24-13-8-12-23(27)18-24/h5-8,10-13,18,20-21H,9,14-17,19H2,1-4H3,(H,28,32)/t21-/m1/s1. The first-order valence-electron chi connectivity index (χ1n) is 11.8. The highest BCUT2D eigenvalue weighted by molar-refractivity contribution is 7.92. The van der Waals surface area contributed by atoms with Crippen molar-refractivity contribution in [2.45, 2.75) is 46.1 Å². The Bertz CT molecular complexity index is 1080. The third-order valence-corrected chi connectivity index (χ3v) is 7.01. The number of hydrogen-bond acceptors (Lipinski definition) is 4. The summed E-state index contributed by atoms with van der Waals surface area (Å²) in [6, 6.07) is 15.8. The molecule has 2 aromatic rings. The highest BCUT2D eigenvalue weighted by atomic mass is 35.5. The van der Waals surface area contributed by atoms with Gasteiger partial charge in [0.1, 0.15) is 6.04 Å². The van der Waals surface area contributed by atoms with E-state index in [-0.39, 0.29) is 24.8 Å². The zero-order chi connectivity index (χ0) is 26.0. The first kappa shape index (κ1) is 28.7. The predicted octanol–water partition coefficient (Wildman–Crippen LogP) is 4.12. The summed E-state index contributed by atoms with van der Waals surface area (Å²) in [4.78, 5) is 27.5. The summed E-state index contributed by atoms with van der Waals surface area (Å²) < 4.78 is 26.0. The number of benzene rings is 2. The van der Waals surface area contributed by atoms with Gasteiger partial charge in [-0.15, -0.1) is 0 Å². The molecular formula is C26H36ClN3O4S. The number of nitrogens with one attached hydrogen (secondary N) is 1. The van der Waals surface area contributed by atoms with Gasteiger partial charge in [0.05, 0.1) is 11.9 Å². The topological polar surface area (TPSA) is 86.8 Å². The molecular weight excluding hydrogens is 486 g/mol. The zero-order valence-corrected chi connectivity index (χ0v) is 22.5. The smallest absolute Gasteiger partial charge is 0.242 e. The van der Waals surface area contributed by atoms with Crippen LogP contribution >= 0.6 is 11.6 Å². The molecule has 0 radical (unpaired) electrons. The molecule has 192 valence electrons. The third-order valence-electron chi connectivity index (χ3n) is 5.58. The van der Waals surface area contributed by atoms with Crippen molar-refractivity contribution in [2.24, 2.45) is 5.92 Å². The number of sulfonamides is 1. The minimum Gasteiger partial charge on any atom is -0.354 e. The number of anilines is 1. The van der Waals surface area contributed by atoms with Crippen molar-refractivity contribution in [3.05, 3.63) is 65.2 Å². The fraction of sp³-hybridized carbons (Fsp3) is 0.462. The number of hydrogen-bond donors (Lipinski definition) is 1. The number of rotatable bonds is 13. The molecule has 0 fully saturated rings. The highest BCUT2D eigenvalue weighted by Gasteiger charge is 2.26. The van der Waals surface area contributed by atoms with Gasteiger partial charge in [0.15, 0.2) is 0 Å². The molecule has 0 aliphatic heterocycles. The molecule has 1 atom stereocenters. The van der Waals surface area contributed by atoms with Crippen LogP contribution in [0.5, 0.6) is 0 Å². The number of nitrogens with zero attached hydrogens (tertiary/aromatic N) is 2. The van der Waals surface area contributed by atoms with Crippen LogP contribution in [0, 0.1) is 5.92 Å². The van der Waals surface area contributed by atoms with Crippen LogP contribution in [-0.4, -0.2) is 57.1 Å². The van der Waals surface area contributed by atoms with Crippen LogP contribution in [0.4, 0.5) is 5.69 Å². The summed E-state index contributed by atoms with van der Waals surface area (Å²) in [7, 11) is -3.56. The summed E-state index contributed by atoms with van der Waals surface area (Å²) in [5, 5.41) is 3.33. The number of carbonyl (C=O) groups is 2. The maximum atomic E-state index is 13.2. The van der Waals surface area contributed by atoms with Crippen molar-refractivity contribution in [1.82, 2.24) is 10.2 Å². The Labute approximate surface area is 214 Å². The van der Waals surface area contributed by atoms with Crippen molar-refractivity contribution >= 4 is 39.1 Å². The van der Waals surface area contributed by atoms with E-state index in [2.05, 4.69) is 5.32 Å². The van der Waals surface area contributed by atoms with Gasteiger partial charge in [0.25, 0.3) is 0 Å². The second kappa shape index (κ2) is 13.5. The molecule has 0 bridgehead atoms.